The maximum Gasteiger partial charge on any atom is 0.408 e. The summed E-state index contributed by atoms with van der Waals surface area (Å²) in [5.41, 5.74) is -1.34. The van der Waals surface area contributed by atoms with E-state index in [-0.39, 0.29) is 34.7 Å². The van der Waals surface area contributed by atoms with E-state index in [1.54, 1.807) is 26.8 Å². The van der Waals surface area contributed by atoms with Gasteiger partial charge in [0.05, 0.1) is 19.4 Å². The van der Waals surface area contributed by atoms with Crippen molar-refractivity contribution in [1.29, 1.82) is 0 Å². The van der Waals surface area contributed by atoms with Gasteiger partial charge in [-0.3, -0.25) is 19.2 Å². The number of fused-ring (bicyclic) bond motifs is 1. The number of carbonyl (C=O) groups is 5. The van der Waals surface area contributed by atoms with Crippen LogP contribution in [0.4, 0.5) is 4.79 Å². The lowest BCUT2D eigenvalue weighted by atomic mass is 9.72. The molecule has 0 radical (unpaired) electrons. The van der Waals surface area contributed by atoms with E-state index >= 15 is 0 Å². The molecular weight excluding hydrogens is 522 g/mol. The fraction of sp³-hybridized carbons (Fsp3) is 0.727. The molecule has 8 heteroatoms. The summed E-state index contributed by atoms with van der Waals surface area (Å²) in [4.78, 5) is 65.3. The lowest BCUT2D eigenvalue weighted by molar-refractivity contribution is -0.135. The van der Waals surface area contributed by atoms with Crippen molar-refractivity contribution in [3.05, 3.63) is 24.5 Å². The van der Waals surface area contributed by atoms with E-state index in [0.29, 0.717) is 19.3 Å². The number of ether oxygens (including phenoxy) is 2. The Morgan fingerprint density at radius 3 is 2.17 bits per heavy atom. The van der Waals surface area contributed by atoms with Crippen molar-refractivity contribution in [1.82, 2.24) is 5.32 Å². The molecule has 0 heterocycles. The van der Waals surface area contributed by atoms with E-state index < -0.39 is 46.6 Å². The lowest BCUT2D eigenvalue weighted by Crippen LogP contribution is -2.53. The van der Waals surface area contributed by atoms with E-state index in [9.17, 15) is 24.0 Å². The van der Waals surface area contributed by atoms with Gasteiger partial charge in [-0.15, -0.1) is 0 Å². The first-order valence-electron chi connectivity index (χ1n) is 14.9. The van der Waals surface area contributed by atoms with E-state index in [1.807, 2.05) is 27.7 Å². The summed E-state index contributed by atoms with van der Waals surface area (Å²) in [6, 6.07) is -0.769. The largest absolute Gasteiger partial charge is 0.504 e. The molecule has 0 aromatic carbocycles. The van der Waals surface area contributed by atoms with Crippen LogP contribution in [0.2, 0.25) is 0 Å². The predicted molar refractivity (Wildman–Crippen MR) is 158 cm³/mol. The van der Waals surface area contributed by atoms with Crippen LogP contribution in [0.5, 0.6) is 0 Å². The number of methoxy groups -OCH3 is 1. The van der Waals surface area contributed by atoms with Crippen molar-refractivity contribution < 1.29 is 33.4 Å². The van der Waals surface area contributed by atoms with Crippen LogP contribution in [-0.2, 0) is 28.7 Å². The Labute approximate surface area is 246 Å². The number of rotatable bonds is 13. The minimum Gasteiger partial charge on any atom is -0.504 e. The molecule has 2 aliphatic rings. The molecule has 0 saturated heterocycles. The highest BCUT2D eigenvalue weighted by Gasteiger charge is 2.65. The number of nitrogens with one attached hydrogen (secondary N) is 1. The summed E-state index contributed by atoms with van der Waals surface area (Å²) in [6.45, 7) is 17.3. The summed E-state index contributed by atoms with van der Waals surface area (Å²) in [5, 5.41) is 2.81. The third kappa shape index (κ3) is 9.11. The summed E-state index contributed by atoms with van der Waals surface area (Å²) in [6.07, 6.45) is 7.77. The molecule has 2 fully saturated rings. The third-order valence-electron chi connectivity index (χ3n) is 8.53. The normalized spacial score (nSPS) is 25.2. The topological polar surface area (TPSA) is 116 Å². The van der Waals surface area contributed by atoms with E-state index in [0.717, 1.165) is 18.9 Å². The molecule has 6 atom stereocenters. The van der Waals surface area contributed by atoms with Crippen molar-refractivity contribution in [2.24, 2.45) is 40.4 Å². The standard InChI is InChI=1S/C33H51NO7/c1-11-12-13-20(27(37)25(36)16-17-40-10)14-15-24(35)22-18-21(19-23-26(22)33(23,8)9)28(38)29(31(2,3)4)34-30(39)41-32(5,6)7/h14-17,20-23,26,29H,11-13,18-19H2,1-10H3,(H,34,39)/b15-14+,17-16+/t20-,21?,22+,23?,26?,29?/m0/s1. The zero-order valence-corrected chi connectivity index (χ0v) is 26.7. The quantitative estimate of drug-likeness (QED) is 0.163. The van der Waals surface area contributed by atoms with Crippen LogP contribution >= 0.6 is 0 Å². The second kappa shape index (κ2) is 13.5. The van der Waals surface area contributed by atoms with Gasteiger partial charge < -0.3 is 14.8 Å². The molecule has 8 nitrogen and oxygen atoms in total. The van der Waals surface area contributed by atoms with Crippen molar-refractivity contribution in [2.45, 2.75) is 106 Å². The van der Waals surface area contributed by atoms with Gasteiger partial charge in [-0.25, -0.2) is 4.79 Å². The van der Waals surface area contributed by atoms with Crippen LogP contribution in [0.25, 0.3) is 0 Å². The molecule has 0 bridgehead atoms. The second-order valence-electron chi connectivity index (χ2n) is 14.4. The van der Waals surface area contributed by atoms with Gasteiger partial charge in [-0.05, 0) is 68.8 Å². The monoisotopic (exact) mass is 573 g/mol. The molecule has 41 heavy (non-hydrogen) atoms. The van der Waals surface area contributed by atoms with Crippen LogP contribution in [0.3, 0.4) is 0 Å². The summed E-state index contributed by atoms with van der Waals surface area (Å²) in [5.74, 6) is -2.54. The van der Waals surface area contributed by atoms with Crippen LogP contribution in [-0.4, -0.2) is 48.0 Å². The highest BCUT2D eigenvalue weighted by atomic mass is 16.6. The first-order valence-corrected chi connectivity index (χ1v) is 14.9. The van der Waals surface area contributed by atoms with Gasteiger partial charge in [0, 0.05) is 23.8 Å². The Hall–Kier alpha value is -2.77. The highest BCUT2D eigenvalue weighted by Crippen LogP contribution is 2.68. The molecule has 0 spiro atoms. The molecule has 2 rings (SSSR count). The number of hydrogen-bond donors (Lipinski definition) is 1. The number of carbonyl (C=O) groups excluding carboxylic acids is 5. The summed E-state index contributed by atoms with van der Waals surface area (Å²) < 4.78 is 10.2. The maximum atomic E-state index is 13.9. The minimum atomic E-state index is -0.769. The molecule has 0 aromatic heterocycles. The average molecular weight is 574 g/mol. The third-order valence-corrected chi connectivity index (χ3v) is 8.53. The fourth-order valence-corrected chi connectivity index (χ4v) is 6.26. The molecule has 0 aliphatic heterocycles. The Balaban J connectivity index is 2.27. The molecule has 0 aromatic rings. The molecule has 230 valence electrons. The van der Waals surface area contributed by atoms with Crippen molar-refractivity contribution >= 4 is 29.2 Å². The number of hydrogen-bond acceptors (Lipinski definition) is 7. The molecule has 2 aliphatic carbocycles. The zero-order valence-electron chi connectivity index (χ0n) is 26.7. The molecule has 1 N–H and O–H groups in total. The first kappa shape index (κ1) is 34.4. The molecular formula is C33H51NO7. The number of amides is 1. The van der Waals surface area contributed by atoms with Gasteiger partial charge in [0.2, 0.25) is 11.6 Å². The maximum absolute atomic E-state index is 13.9. The van der Waals surface area contributed by atoms with E-state index in [2.05, 4.69) is 19.2 Å². The van der Waals surface area contributed by atoms with Gasteiger partial charge in [-0.1, -0.05) is 60.5 Å². The number of unbranched alkanes of at least 4 members (excludes halogenated alkanes) is 1. The Morgan fingerprint density at radius 1 is 1.00 bits per heavy atom. The molecule has 1 amide bonds. The van der Waals surface area contributed by atoms with Crippen molar-refractivity contribution in [2.75, 3.05) is 7.11 Å². The number of ketones is 4. The average Bonchev–Trinajstić information content (AvgIpc) is 3.42. The summed E-state index contributed by atoms with van der Waals surface area (Å²) in [7, 11) is 1.40. The van der Waals surface area contributed by atoms with Crippen molar-refractivity contribution in [3.63, 3.8) is 0 Å². The second-order valence-corrected chi connectivity index (χ2v) is 14.4. The number of alkyl carbamates (subject to hydrolysis) is 1. The number of Topliss-reactive ketones (excluding diaryl/α,β-unsaturated/α-hetero) is 2. The predicted octanol–water partition coefficient (Wildman–Crippen LogP) is 6.02. The molecule has 2 saturated carbocycles. The summed E-state index contributed by atoms with van der Waals surface area (Å²) >= 11 is 0. The lowest BCUT2D eigenvalue weighted by Gasteiger charge is -2.35. The minimum absolute atomic E-state index is 0.0854. The smallest absolute Gasteiger partial charge is 0.408 e. The van der Waals surface area contributed by atoms with Crippen LogP contribution in [0.1, 0.15) is 94.4 Å². The SMILES string of the molecule is CCCC[C@@H](/C=C/C(=O)[C@H]1CC(C(=O)C(NC(=O)OC(C)(C)C)C(C)(C)C)CC2C1C2(C)C)C(=O)C(=O)/C=C/OC. The molecule has 4 unspecified atom stereocenters. The highest BCUT2D eigenvalue weighted by molar-refractivity contribution is 6.42. The van der Waals surface area contributed by atoms with E-state index in [1.165, 1.54) is 19.4 Å². The van der Waals surface area contributed by atoms with Crippen LogP contribution in [0.15, 0.2) is 24.5 Å². The zero-order chi connectivity index (χ0) is 31.3. The van der Waals surface area contributed by atoms with Gasteiger partial charge in [0.15, 0.2) is 11.6 Å². The Bertz CT molecular complexity index is 1060. The fourth-order valence-electron chi connectivity index (χ4n) is 6.26. The van der Waals surface area contributed by atoms with Crippen LogP contribution < -0.4 is 5.32 Å². The van der Waals surface area contributed by atoms with Gasteiger partial charge in [0.25, 0.3) is 0 Å². The Morgan fingerprint density at radius 2 is 1.63 bits per heavy atom. The Kier molecular flexibility index (Phi) is 11.3. The van der Waals surface area contributed by atoms with E-state index in [4.69, 9.17) is 9.47 Å². The van der Waals surface area contributed by atoms with Gasteiger partial charge in [0.1, 0.15) is 5.60 Å². The first-order chi connectivity index (χ1) is 18.8. The van der Waals surface area contributed by atoms with Crippen LogP contribution in [0, 0.1) is 40.4 Å². The van der Waals surface area contributed by atoms with Gasteiger partial charge >= 0.3 is 6.09 Å². The number of allylic oxidation sites excluding steroid dienone is 3. The van der Waals surface area contributed by atoms with Crippen molar-refractivity contribution in [3.8, 4) is 0 Å². The van der Waals surface area contributed by atoms with Gasteiger partial charge in [-0.2, -0.15) is 0 Å².